The number of carbonyl (C=O) groups is 1. The van der Waals surface area contributed by atoms with Gasteiger partial charge in [0.05, 0.1) is 10.6 Å². The molecule has 1 aromatic rings. The fraction of sp³-hybridized carbons (Fsp3) is 0.143. The van der Waals surface area contributed by atoms with Crippen LogP contribution in [-0.4, -0.2) is 16.1 Å². The molecule has 0 bridgehead atoms. The zero-order valence-electron chi connectivity index (χ0n) is 6.47. The molecule has 1 aromatic heterocycles. The summed E-state index contributed by atoms with van der Waals surface area (Å²) in [5.74, 6) is -1.46. The molecular weight excluding hydrogens is 330 g/mol. The third-order valence-corrected chi connectivity index (χ3v) is 2.58. The average molecular weight is 333 g/mol. The summed E-state index contributed by atoms with van der Waals surface area (Å²) in [5.41, 5.74) is -1.22. The summed E-state index contributed by atoms with van der Waals surface area (Å²) in [6, 6.07) is 0. The Hall–Kier alpha value is -0.500. The van der Waals surface area contributed by atoms with Gasteiger partial charge in [0, 0.05) is 6.20 Å². The summed E-state index contributed by atoms with van der Waals surface area (Å²) in [7, 11) is 0. The van der Waals surface area contributed by atoms with Gasteiger partial charge in [-0.1, -0.05) is 11.6 Å². The molecule has 0 aliphatic carbocycles. The van der Waals surface area contributed by atoms with Gasteiger partial charge in [0.25, 0.3) is 6.43 Å². The summed E-state index contributed by atoms with van der Waals surface area (Å²) >= 11 is 7.00. The standard InChI is InChI=1S/C7H3ClF2INO2/c8-2-1-12-6(11)4(7(13)14)3(2)5(9)10/h1,5H,(H,13,14). The van der Waals surface area contributed by atoms with E-state index in [0.717, 1.165) is 6.20 Å². The van der Waals surface area contributed by atoms with Crippen LogP contribution in [0.2, 0.25) is 5.02 Å². The van der Waals surface area contributed by atoms with Crippen LogP contribution >= 0.6 is 34.2 Å². The van der Waals surface area contributed by atoms with E-state index in [1.807, 2.05) is 0 Å². The number of nitrogens with zero attached hydrogens (tertiary/aromatic N) is 1. The molecule has 1 N–H and O–H groups in total. The Morgan fingerprint density at radius 1 is 1.64 bits per heavy atom. The fourth-order valence-electron chi connectivity index (χ4n) is 0.895. The lowest BCUT2D eigenvalue weighted by Crippen LogP contribution is -2.08. The van der Waals surface area contributed by atoms with Crippen molar-refractivity contribution < 1.29 is 18.7 Å². The maximum atomic E-state index is 12.4. The minimum atomic E-state index is -2.93. The molecule has 0 saturated carbocycles. The molecule has 0 fully saturated rings. The highest BCUT2D eigenvalue weighted by molar-refractivity contribution is 14.1. The first-order chi connectivity index (χ1) is 6.45. The van der Waals surface area contributed by atoms with Crippen LogP contribution in [0.3, 0.4) is 0 Å². The maximum absolute atomic E-state index is 12.4. The van der Waals surface area contributed by atoms with Crippen LogP contribution in [0.5, 0.6) is 0 Å². The molecule has 0 spiro atoms. The zero-order valence-corrected chi connectivity index (χ0v) is 9.38. The minimum absolute atomic E-state index is 0.00481. The molecule has 0 aliphatic heterocycles. The predicted molar refractivity (Wildman–Crippen MR) is 53.9 cm³/mol. The van der Waals surface area contributed by atoms with Gasteiger partial charge in [-0.25, -0.2) is 18.6 Å². The number of halogens is 4. The summed E-state index contributed by atoms with van der Waals surface area (Å²) in [5, 5.41) is 8.35. The highest BCUT2D eigenvalue weighted by Gasteiger charge is 2.24. The topological polar surface area (TPSA) is 50.2 Å². The fourth-order valence-corrected chi connectivity index (χ4v) is 1.78. The molecule has 0 aliphatic rings. The Morgan fingerprint density at radius 3 is 2.57 bits per heavy atom. The number of rotatable bonds is 2. The molecule has 0 atom stereocenters. The van der Waals surface area contributed by atoms with Crippen molar-refractivity contribution in [1.82, 2.24) is 4.98 Å². The van der Waals surface area contributed by atoms with Crippen LogP contribution < -0.4 is 0 Å². The SMILES string of the molecule is O=C(O)c1c(I)ncc(Cl)c1C(F)F. The van der Waals surface area contributed by atoms with E-state index in [-0.39, 0.29) is 8.72 Å². The van der Waals surface area contributed by atoms with Crippen molar-refractivity contribution in [3.8, 4) is 0 Å². The third kappa shape index (κ3) is 2.11. The maximum Gasteiger partial charge on any atom is 0.338 e. The number of alkyl halides is 2. The highest BCUT2D eigenvalue weighted by Crippen LogP contribution is 2.31. The van der Waals surface area contributed by atoms with Crippen molar-refractivity contribution in [2.45, 2.75) is 6.43 Å². The highest BCUT2D eigenvalue weighted by atomic mass is 127. The van der Waals surface area contributed by atoms with Gasteiger partial charge in [-0.3, -0.25) is 0 Å². The Balaban J connectivity index is 3.50. The van der Waals surface area contributed by atoms with Crippen LogP contribution in [0.15, 0.2) is 6.20 Å². The van der Waals surface area contributed by atoms with E-state index in [2.05, 4.69) is 4.98 Å². The number of hydrogen-bond donors (Lipinski definition) is 1. The number of carboxylic acids is 1. The van der Waals surface area contributed by atoms with Gasteiger partial charge in [0.1, 0.15) is 9.26 Å². The van der Waals surface area contributed by atoms with Crippen LogP contribution in [-0.2, 0) is 0 Å². The van der Waals surface area contributed by atoms with Gasteiger partial charge >= 0.3 is 5.97 Å². The van der Waals surface area contributed by atoms with Gasteiger partial charge in [0.2, 0.25) is 0 Å². The molecule has 3 nitrogen and oxygen atoms in total. The zero-order chi connectivity index (χ0) is 10.9. The van der Waals surface area contributed by atoms with E-state index in [9.17, 15) is 13.6 Å². The Labute approximate surface area is 96.2 Å². The molecular formula is C7H3ClF2INO2. The molecule has 0 amide bonds. The van der Waals surface area contributed by atoms with Crippen molar-refractivity contribution in [3.63, 3.8) is 0 Å². The lowest BCUT2D eigenvalue weighted by atomic mass is 10.1. The van der Waals surface area contributed by atoms with Crippen LogP contribution in [0.1, 0.15) is 22.3 Å². The van der Waals surface area contributed by atoms with E-state index in [0.29, 0.717) is 0 Å². The molecule has 7 heteroatoms. The quantitative estimate of drug-likeness (QED) is 0.669. The van der Waals surface area contributed by atoms with Crippen molar-refractivity contribution in [3.05, 3.63) is 26.0 Å². The van der Waals surface area contributed by atoms with Gasteiger partial charge in [-0.2, -0.15) is 0 Å². The summed E-state index contributed by atoms with van der Waals surface area (Å²) in [4.78, 5) is 14.2. The molecule has 76 valence electrons. The first-order valence-corrected chi connectivity index (χ1v) is 4.76. The van der Waals surface area contributed by atoms with Crippen LogP contribution in [0, 0.1) is 3.70 Å². The number of aromatic carboxylic acids is 1. The van der Waals surface area contributed by atoms with Crippen LogP contribution in [0.25, 0.3) is 0 Å². The first-order valence-electron chi connectivity index (χ1n) is 3.30. The van der Waals surface area contributed by atoms with Gasteiger partial charge in [-0.05, 0) is 22.6 Å². The van der Waals surface area contributed by atoms with Crippen LogP contribution in [0.4, 0.5) is 8.78 Å². The lowest BCUT2D eigenvalue weighted by molar-refractivity contribution is 0.0682. The number of pyridine rings is 1. The number of carboxylic acid groups (broad SMARTS) is 1. The average Bonchev–Trinajstić information content (AvgIpc) is 2.07. The van der Waals surface area contributed by atoms with Gasteiger partial charge < -0.3 is 5.11 Å². The normalized spacial score (nSPS) is 10.6. The Morgan fingerprint density at radius 2 is 2.21 bits per heavy atom. The predicted octanol–water partition coefficient (Wildman–Crippen LogP) is 2.98. The molecule has 1 rings (SSSR count). The number of hydrogen-bond acceptors (Lipinski definition) is 2. The summed E-state index contributed by atoms with van der Waals surface area (Å²) < 4.78 is 24.9. The van der Waals surface area contributed by atoms with E-state index in [4.69, 9.17) is 16.7 Å². The summed E-state index contributed by atoms with van der Waals surface area (Å²) in [6.07, 6.45) is -1.91. The van der Waals surface area contributed by atoms with E-state index in [1.165, 1.54) is 0 Å². The van der Waals surface area contributed by atoms with Crippen molar-refractivity contribution in [1.29, 1.82) is 0 Å². The van der Waals surface area contributed by atoms with E-state index >= 15 is 0 Å². The second-order valence-corrected chi connectivity index (χ2v) is 3.72. The van der Waals surface area contributed by atoms with E-state index in [1.54, 1.807) is 22.6 Å². The largest absolute Gasteiger partial charge is 0.478 e. The molecule has 0 unspecified atom stereocenters. The smallest absolute Gasteiger partial charge is 0.338 e. The first kappa shape index (κ1) is 11.6. The minimum Gasteiger partial charge on any atom is -0.478 e. The molecule has 0 saturated heterocycles. The van der Waals surface area contributed by atoms with E-state index < -0.39 is 23.5 Å². The van der Waals surface area contributed by atoms with Crippen molar-refractivity contribution >= 4 is 40.2 Å². The Bertz CT molecular complexity index is 386. The van der Waals surface area contributed by atoms with Gasteiger partial charge in [-0.15, -0.1) is 0 Å². The molecule has 0 radical (unpaired) electrons. The molecule has 0 aromatic carbocycles. The third-order valence-electron chi connectivity index (χ3n) is 1.46. The summed E-state index contributed by atoms with van der Waals surface area (Å²) in [6.45, 7) is 0. The second-order valence-electron chi connectivity index (χ2n) is 2.29. The van der Waals surface area contributed by atoms with Crippen molar-refractivity contribution in [2.24, 2.45) is 0 Å². The monoisotopic (exact) mass is 333 g/mol. The molecule has 14 heavy (non-hydrogen) atoms. The second kappa shape index (κ2) is 4.35. The lowest BCUT2D eigenvalue weighted by Gasteiger charge is -2.07. The van der Waals surface area contributed by atoms with Crippen molar-refractivity contribution in [2.75, 3.05) is 0 Å². The molecule has 1 heterocycles. The Kier molecular flexibility index (Phi) is 3.59. The van der Waals surface area contributed by atoms with Gasteiger partial charge in [0.15, 0.2) is 0 Å². The number of aromatic nitrogens is 1.